The van der Waals surface area contributed by atoms with E-state index in [0.29, 0.717) is 10.7 Å². The lowest BCUT2D eigenvalue weighted by Crippen LogP contribution is -2.20. The number of carbonyl (C=O) groups excluding carboxylic acids is 1. The van der Waals surface area contributed by atoms with Gasteiger partial charge in [0.1, 0.15) is 6.54 Å². The molecular weight excluding hydrogens is 389 g/mol. The van der Waals surface area contributed by atoms with Gasteiger partial charge in [-0.25, -0.2) is 0 Å². The second kappa shape index (κ2) is 6.37. The summed E-state index contributed by atoms with van der Waals surface area (Å²) >= 11 is 14.7. The summed E-state index contributed by atoms with van der Waals surface area (Å²) in [6, 6.07) is 4.59. The average Bonchev–Trinajstić information content (AvgIpc) is 2.75. The van der Waals surface area contributed by atoms with E-state index in [-0.39, 0.29) is 16.3 Å². The third-order valence-electron chi connectivity index (χ3n) is 2.28. The van der Waals surface area contributed by atoms with Crippen molar-refractivity contribution >= 4 is 56.7 Å². The number of benzene rings is 1. The molecule has 2 aromatic rings. The summed E-state index contributed by atoms with van der Waals surface area (Å²) in [5, 5.41) is 17.4. The first kappa shape index (κ1) is 15.7. The van der Waals surface area contributed by atoms with Crippen LogP contribution in [0.15, 0.2) is 22.9 Å². The molecule has 1 N–H and O–H groups in total. The fourth-order valence-electron chi connectivity index (χ4n) is 1.41. The van der Waals surface area contributed by atoms with E-state index in [1.54, 1.807) is 12.1 Å². The van der Waals surface area contributed by atoms with Crippen LogP contribution in [0.25, 0.3) is 0 Å². The molecule has 0 atom stereocenters. The van der Waals surface area contributed by atoms with Gasteiger partial charge in [0.05, 0.1) is 10.7 Å². The Labute approximate surface area is 136 Å². The third kappa shape index (κ3) is 3.90. The minimum absolute atomic E-state index is 0.0755. The van der Waals surface area contributed by atoms with E-state index in [9.17, 15) is 14.9 Å². The third-order valence-corrected chi connectivity index (χ3v) is 3.41. The Balaban J connectivity index is 2.10. The first-order valence-corrected chi connectivity index (χ1v) is 6.91. The number of hydrogen-bond acceptors (Lipinski definition) is 5. The lowest BCUT2D eigenvalue weighted by molar-refractivity contribution is -0.394. The fraction of sp³-hybridized carbons (Fsp3) is 0.100. The van der Waals surface area contributed by atoms with Crippen molar-refractivity contribution in [2.24, 2.45) is 0 Å². The maximum Gasteiger partial charge on any atom is 0.492 e. The molecule has 0 unspecified atom stereocenters. The molecule has 1 aromatic heterocycles. The Bertz CT molecular complexity index is 721. The maximum atomic E-state index is 11.9. The summed E-state index contributed by atoms with van der Waals surface area (Å²) < 4.78 is 1.13. The van der Waals surface area contributed by atoms with E-state index in [1.165, 1.54) is 6.07 Å². The molecule has 0 saturated carbocycles. The summed E-state index contributed by atoms with van der Waals surface area (Å²) in [6.07, 6.45) is 0. The van der Waals surface area contributed by atoms with Crippen molar-refractivity contribution in [3.63, 3.8) is 0 Å². The number of anilines is 1. The number of aromatic nitrogens is 3. The van der Waals surface area contributed by atoms with Crippen molar-refractivity contribution in [3.05, 3.63) is 43.1 Å². The van der Waals surface area contributed by atoms with Gasteiger partial charge >= 0.3 is 5.95 Å². The molecule has 1 heterocycles. The molecule has 0 spiro atoms. The van der Waals surface area contributed by atoms with Gasteiger partial charge in [0.15, 0.2) is 0 Å². The topological polar surface area (TPSA) is 103 Å². The lowest BCUT2D eigenvalue weighted by Gasteiger charge is -2.06. The standard InChI is InChI=1S/C10H6BrCl2N5O3/c11-9-15-10(18(20)21)16-17(9)4-8(19)14-7-2-1-5(12)3-6(7)13/h1-3H,4H2,(H,14,19). The predicted molar refractivity (Wildman–Crippen MR) is 79.5 cm³/mol. The minimum Gasteiger partial charge on any atom is -0.390 e. The van der Waals surface area contributed by atoms with Gasteiger partial charge in [-0.3, -0.25) is 4.79 Å². The predicted octanol–water partition coefficient (Wildman–Crippen LogP) is 2.89. The average molecular weight is 395 g/mol. The Morgan fingerprint density at radius 1 is 1.48 bits per heavy atom. The number of rotatable bonds is 4. The van der Waals surface area contributed by atoms with Crippen molar-refractivity contribution in [1.82, 2.24) is 14.8 Å². The Morgan fingerprint density at radius 2 is 2.19 bits per heavy atom. The van der Waals surface area contributed by atoms with Crippen molar-refractivity contribution in [1.29, 1.82) is 0 Å². The molecule has 0 saturated heterocycles. The zero-order valence-corrected chi connectivity index (χ0v) is 13.2. The summed E-state index contributed by atoms with van der Waals surface area (Å²) in [5.74, 6) is -1.07. The molecule has 0 fully saturated rings. The molecule has 2 rings (SSSR count). The highest BCUT2D eigenvalue weighted by atomic mass is 79.9. The molecule has 1 aromatic carbocycles. The van der Waals surface area contributed by atoms with Gasteiger partial charge in [0.2, 0.25) is 5.91 Å². The number of carbonyl (C=O) groups is 1. The Hall–Kier alpha value is -1.71. The number of hydrogen-bond donors (Lipinski definition) is 1. The smallest absolute Gasteiger partial charge is 0.390 e. The summed E-state index contributed by atoms with van der Waals surface area (Å²) in [5.41, 5.74) is 0.372. The van der Waals surface area contributed by atoms with Crippen LogP contribution in [0.5, 0.6) is 0 Å². The number of nitro groups is 1. The van der Waals surface area contributed by atoms with E-state index in [2.05, 4.69) is 31.3 Å². The summed E-state index contributed by atoms with van der Waals surface area (Å²) in [6.45, 7) is -0.264. The van der Waals surface area contributed by atoms with Crippen molar-refractivity contribution in [2.75, 3.05) is 5.32 Å². The SMILES string of the molecule is O=C(Cn1nc([N+](=O)[O-])nc1Br)Nc1ccc(Cl)cc1Cl. The van der Waals surface area contributed by atoms with Gasteiger partial charge in [0.25, 0.3) is 4.73 Å². The first-order valence-electron chi connectivity index (χ1n) is 5.36. The van der Waals surface area contributed by atoms with E-state index < -0.39 is 16.8 Å². The van der Waals surface area contributed by atoms with Crippen LogP contribution in [0.4, 0.5) is 11.6 Å². The van der Waals surface area contributed by atoms with Gasteiger partial charge in [0, 0.05) is 26.1 Å². The van der Waals surface area contributed by atoms with E-state index in [1.807, 2.05) is 0 Å². The van der Waals surface area contributed by atoms with Gasteiger partial charge in [-0.15, -0.1) is 0 Å². The van der Waals surface area contributed by atoms with Crippen molar-refractivity contribution in [2.45, 2.75) is 6.54 Å². The van der Waals surface area contributed by atoms with E-state index in [4.69, 9.17) is 23.2 Å². The quantitative estimate of drug-likeness (QED) is 0.634. The Morgan fingerprint density at radius 3 is 2.76 bits per heavy atom. The van der Waals surface area contributed by atoms with Gasteiger partial charge in [-0.1, -0.05) is 23.2 Å². The van der Waals surface area contributed by atoms with Crippen LogP contribution in [-0.2, 0) is 11.3 Å². The highest BCUT2D eigenvalue weighted by molar-refractivity contribution is 9.10. The van der Waals surface area contributed by atoms with Crippen LogP contribution in [0.1, 0.15) is 0 Å². The minimum atomic E-state index is -0.755. The number of nitrogens with one attached hydrogen (secondary N) is 1. The molecule has 0 bridgehead atoms. The molecule has 0 aliphatic carbocycles. The van der Waals surface area contributed by atoms with E-state index in [0.717, 1.165) is 4.68 Å². The normalized spacial score (nSPS) is 10.4. The van der Waals surface area contributed by atoms with Crippen LogP contribution in [0.3, 0.4) is 0 Å². The fourth-order valence-corrected chi connectivity index (χ4v) is 2.23. The second-order valence-corrected chi connectivity index (χ2v) is 5.32. The monoisotopic (exact) mass is 393 g/mol. The first-order chi connectivity index (χ1) is 9.86. The van der Waals surface area contributed by atoms with Crippen molar-refractivity contribution < 1.29 is 9.72 Å². The maximum absolute atomic E-state index is 11.9. The molecular formula is C10H6BrCl2N5O3. The number of amides is 1. The highest BCUT2D eigenvalue weighted by Crippen LogP contribution is 2.25. The molecule has 11 heteroatoms. The van der Waals surface area contributed by atoms with Crippen LogP contribution < -0.4 is 5.32 Å². The Kier molecular flexibility index (Phi) is 4.76. The summed E-state index contributed by atoms with van der Waals surface area (Å²) in [7, 11) is 0. The second-order valence-electron chi connectivity index (χ2n) is 3.77. The van der Waals surface area contributed by atoms with Crippen molar-refractivity contribution in [3.8, 4) is 0 Å². The largest absolute Gasteiger partial charge is 0.492 e. The van der Waals surface area contributed by atoms with Crippen LogP contribution in [0, 0.1) is 10.1 Å². The molecule has 8 nitrogen and oxygen atoms in total. The molecule has 0 aliphatic rings. The zero-order valence-electron chi connectivity index (χ0n) is 10.1. The number of nitrogens with zero attached hydrogens (tertiary/aromatic N) is 4. The molecule has 0 radical (unpaired) electrons. The number of halogens is 3. The van der Waals surface area contributed by atoms with Gasteiger partial charge in [-0.2, -0.15) is 4.68 Å². The molecule has 0 aliphatic heterocycles. The molecule has 1 amide bonds. The van der Waals surface area contributed by atoms with Crippen LogP contribution >= 0.6 is 39.1 Å². The molecule has 110 valence electrons. The van der Waals surface area contributed by atoms with Crippen LogP contribution in [-0.4, -0.2) is 25.6 Å². The zero-order chi connectivity index (χ0) is 15.6. The summed E-state index contributed by atoms with van der Waals surface area (Å²) in [4.78, 5) is 25.2. The highest BCUT2D eigenvalue weighted by Gasteiger charge is 2.21. The lowest BCUT2D eigenvalue weighted by atomic mass is 10.3. The van der Waals surface area contributed by atoms with Gasteiger partial charge < -0.3 is 15.4 Å². The van der Waals surface area contributed by atoms with Crippen LogP contribution in [0.2, 0.25) is 10.0 Å². The van der Waals surface area contributed by atoms with E-state index >= 15 is 0 Å². The molecule has 21 heavy (non-hydrogen) atoms. The van der Waals surface area contributed by atoms with Gasteiger partial charge in [-0.05, 0) is 28.1 Å².